The number of benzene rings is 1. The highest BCUT2D eigenvalue weighted by Gasteiger charge is 2.34. The second-order valence-corrected chi connectivity index (χ2v) is 5.56. The zero-order chi connectivity index (χ0) is 13.6. The van der Waals surface area contributed by atoms with Crippen LogP contribution in [-0.4, -0.2) is 24.0 Å². The van der Waals surface area contributed by atoms with Gasteiger partial charge in [0.1, 0.15) is 0 Å². The van der Waals surface area contributed by atoms with Gasteiger partial charge in [0, 0.05) is 12.7 Å². The average Bonchev–Trinajstić information content (AvgIpc) is 3.15. The number of nitrogens with zero attached hydrogens (tertiary/aromatic N) is 1. The van der Waals surface area contributed by atoms with E-state index in [1.54, 1.807) is 11.9 Å². The first kappa shape index (κ1) is 12.2. The van der Waals surface area contributed by atoms with Crippen LogP contribution < -0.4 is 4.90 Å². The molecule has 1 aromatic carbocycles. The molecule has 0 spiro atoms. The number of amides is 1. The zero-order valence-corrected chi connectivity index (χ0v) is 10.9. The van der Waals surface area contributed by atoms with Crippen molar-refractivity contribution in [3.63, 3.8) is 0 Å². The summed E-state index contributed by atoms with van der Waals surface area (Å²) in [5, 5.41) is 9.04. The van der Waals surface area contributed by atoms with E-state index in [1.165, 1.54) is 0 Å². The monoisotopic (exact) mass is 259 g/mol. The van der Waals surface area contributed by atoms with E-state index in [0.717, 1.165) is 29.7 Å². The lowest BCUT2D eigenvalue weighted by molar-refractivity contribution is -0.137. The fourth-order valence-corrected chi connectivity index (χ4v) is 2.96. The molecule has 1 amide bonds. The van der Waals surface area contributed by atoms with Gasteiger partial charge < -0.3 is 10.0 Å². The van der Waals surface area contributed by atoms with Crippen LogP contribution in [0.3, 0.4) is 0 Å². The van der Waals surface area contributed by atoms with Crippen LogP contribution in [0, 0.1) is 5.92 Å². The van der Waals surface area contributed by atoms with E-state index in [9.17, 15) is 9.59 Å². The molecule has 4 heteroatoms. The molecule has 1 aliphatic carbocycles. The number of carboxylic acid groups (broad SMARTS) is 1. The van der Waals surface area contributed by atoms with Crippen molar-refractivity contribution in [1.82, 2.24) is 0 Å². The normalized spacial score (nSPS) is 19.4. The number of carbonyl (C=O) groups excluding carboxylic acids is 1. The Bertz CT molecular complexity index is 548. The van der Waals surface area contributed by atoms with Gasteiger partial charge in [-0.25, -0.2) is 0 Å². The lowest BCUT2D eigenvalue weighted by Crippen LogP contribution is -2.20. The molecule has 1 atom stereocenters. The Morgan fingerprint density at radius 3 is 2.84 bits per heavy atom. The number of anilines is 1. The maximum atomic E-state index is 11.7. The minimum Gasteiger partial charge on any atom is -0.481 e. The highest BCUT2D eigenvalue weighted by atomic mass is 16.4. The summed E-state index contributed by atoms with van der Waals surface area (Å²) >= 11 is 0. The third kappa shape index (κ3) is 2.23. The first-order valence-corrected chi connectivity index (χ1v) is 6.67. The van der Waals surface area contributed by atoms with Crippen molar-refractivity contribution in [3.05, 3.63) is 29.3 Å². The molecule has 1 aromatic rings. The molecular weight excluding hydrogens is 242 g/mol. The van der Waals surface area contributed by atoms with Crippen molar-refractivity contribution in [3.8, 4) is 0 Å². The highest BCUT2D eigenvalue weighted by Crippen LogP contribution is 2.45. The van der Waals surface area contributed by atoms with Gasteiger partial charge >= 0.3 is 5.97 Å². The largest absolute Gasteiger partial charge is 0.481 e. The number of hydrogen-bond donors (Lipinski definition) is 1. The predicted octanol–water partition coefficient (Wildman–Crippen LogP) is 2.17. The van der Waals surface area contributed by atoms with Crippen LogP contribution in [0.15, 0.2) is 18.2 Å². The molecule has 100 valence electrons. The summed E-state index contributed by atoms with van der Waals surface area (Å²) in [6.07, 6.45) is 2.86. The third-order valence-corrected chi connectivity index (χ3v) is 4.19. The van der Waals surface area contributed by atoms with Crippen LogP contribution in [0.2, 0.25) is 0 Å². The van der Waals surface area contributed by atoms with Crippen molar-refractivity contribution in [2.75, 3.05) is 11.9 Å². The van der Waals surface area contributed by atoms with Crippen molar-refractivity contribution in [2.45, 2.75) is 31.6 Å². The van der Waals surface area contributed by atoms with Crippen LogP contribution in [0.4, 0.5) is 5.69 Å². The minimum absolute atomic E-state index is 0.101. The van der Waals surface area contributed by atoms with E-state index in [1.807, 2.05) is 18.2 Å². The number of likely N-dealkylation sites (N-methyl/N-ethyl adjacent to an activating group) is 1. The van der Waals surface area contributed by atoms with Gasteiger partial charge in [-0.2, -0.15) is 0 Å². The molecule has 2 aliphatic rings. The molecular formula is C15H17NO3. The van der Waals surface area contributed by atoms with E-state index >= 15 is 0 Å². The highest BCUT2D eigenvalue weighted by molar-refractivity contribution is 6.00. The average molecular weight is 259 g/mol. The van der Waals surface area contributed by atoms with Gasteiger partial charge in [-0.1, -0.05) is 12.1 Å². The maximum Gasteiger partial charge on any atom is 0.303 e. The number of aliphatic carboxylic acids is 1. The second kappa shape index (κ2) is 4.37. The van der Waals surface area contributed by atoms with Crippen LogP contribution in [0.1, 0.15) is 36.3 Å². The minimum atomic E-state index is -0.745. The molecule has 0 aromatic heterocycles. The molecule has 1 heterocycles. The maximum absolute atomic E-state index is 11.7. The zero-order valence-electron chi connectivity index (χ0n) is 10.9. The Hall–Kier alpha value is -1.84. The lowest BCUT2D eigenvalue weighted by atomic mass is 9.89. The molecule has 1 unspecified atom stereocenters. The molecule has 1 saturated carbocycles. The topological polar surface area (TPSA) is 57.6 Å². The second-order valence-electron chi connectivity index (χ2n) is 5.56. The summed E-state index contributed by atoms with van der Waals surface area (Å²) < 4.78 is 0. The third-order valence-electron chi connectivity index (χ3n) is 4.19. The molecule has 1 fully saturated rings. The van der Waals surface area contributed by atoms with Gasteiger partial charge in [-0.3, -0.25) is 9.59 Å². The fourth-order valence-electron chi connectivity index (χ4n) is 2.96. The summed E-state index contributed by atoms with van der Waals surface area (Å²) in [7, 11) is 1.78. The number of rotatable bonds is 4. The molecule has 4 nitrogen and oxygen atoms in total. The van der Waals surface area contributed by atoms with Crippen molar-refractivity contribution >= 4 is 17.6 Å². The van der Waals surface area contributed by atoms with Gasteiger partial charge in [0.05, 0.1) is 12.8 Å². The number of carbonyl (C=O) groups is 2. The predicted molar refractivity (Wildman–Crippen MR) is 71.3 cm³/mol. The smallest absolute Gasteiger partial charge is 0.303 e. The summed E-state index contributed by atoms with van der Waals surface area (Å²) in [5.74, 6) is -0.0354. The summed E-state index contributed by atoms with van der Waals surface area (Å²) in [6.45, 7) is 0. The van der Waals surface area contributed by atoms with E-state index in [4.69, 9.17) is 5.11 Å². The first-order chi connectivity index (χ1) is 9.06. The van der Waals surface area contributed by atoms with Crippen molar-refractivity contribution in [2.24, 2.45) is 5.92 Å². The quantitative estimate of drug-likeness (QED) is 0.901. The van der Waals surface area contributed by atoms with Crippen LogP contribution in [0.5, 0.6) is 0 Å². The Morgan fingerprint density at radius 1 is 1.47 bits per heavy atom. The molecule has 1 N–H and O–H groups in total. The molecule has 0 saturated heterocycles. The van der Waals surface area contributed by atoms with Crippen LogP contribution in [0.25, 0.3) is 0 Å². The fraction of sp³-hybridized carbons (Fsp3) is 0.467. The Labute approximate surface area is 112 Å². The Balaban J connectivity index is 1.91. The van der Waals surface area contributed by atoms with Crippen molar-refractivity contribution in [1.29, 1.82) is 0 Å². The Morgan fingerprint density at radius 2 is 2.21 bits per heavy atom. The van der Waals surface area contributed by atoms with Gasteiger partial charge in [-0.05, 0) is 41.9 Å². The molecule has 0 radical (unpaired) electrons. The first-order valence-electron chi connectivity index (χ1n) is 6.67. The molecule has 1 aliphatic heterocycles. The summed E-state index contributed by atoms with van der Waals surface area (Å²) in [4.78, 5) is 24.3. The number of fused-ring (bicyclic) bond motifs is 1. The number of carboxylic acids is 1. The van der Waals surface area contributed by atoms with Gasteiger partial charge in [0.15, 0.2) is 0 Å². The molecule has 3 rings (SSSR count). The molecule has 0 bridgehead atoms. The van der Waals surface area contributed by atoms with Crippen LogP contribution in [-0.2, 0) is 16.0 Å². The molecule has 19 heavy (non-hydrogen) atoms. The van der Waals surface area contributed by atoms with E-state index < -0.39 is 5.97 Å². The van der Waals surface area contributed by atoms with Crippen LogP contribution >= 0.6 is 0 Å². The van der Waals surface area contributed by atoms with Gasteiger partial charge in [-0.15, -0.1) is 0 Å². The SMILES string of the molecule is CN1C(=O)Cc2cc(C(CC(=O)O)C3CC3)ccc21. The summed E-state index contributed by atoms with van der Waals surface area (Å²) in [5.41, 5.74) is 3.06. The van der Waals surface area contributed by atoms with Crippen molar-refractivity contribution < 1.29 is 14.7 Å². The standard InChI is InChI=1S/C15H17NO3/c1-16-13-5-4-10(6-11(13)7-14(16)17)12(8-15(18)19)9-2-3-9/h4-6,9,12H,2-3,7-8H2,1H3,(H,18,19). The van der Waals surface area contributed by atoms with Gasteiger partial charge in [0.25, 0.3) is 0 Å². The van der Waals surface area contributed by atoms with Gasteiger partial charge in [0.2, 0.25) is 5.91 Å². The van der Waals surface area contributed by atoms with E-state index in [-0.39, 0.29) is 18.2 Å². The van der Waals surface area contributed by atoms with E-state index in [2.05, 4.69) is 0 Å². The van der Waals surface area contributed by atoms with E-state index in [0.29, 0.717) is 12.3 Å². The lowest BCUT2D eigenvalue weighted by Gasteiger charge is -2.16. The number of hydrogen-bond acceptors (Lipinski definition) is 2. The Kier molecular flexibility index (Phi) is 2.81. The summed E-state index contributed by atoms with van der Waals surface area (Å²) in [6, 6.07) is 5.97.